The van der Waals surface area contributed by atoms with Gasteiger partial charge in [0.25, 0.3) is 20.0 Å². The number of halogens is 1. The number of ether oxygens (including phenoxy) is 1. The molecule has 0 heterocycles. The second-order valence-corrected chi connectivity index (χ2v) is 13.6. The molecule has 0 spiro atoms. The van der Waals surface area contributed by atoms with Crippen molar-refractivity contribution in [3.63, 3.8) is 0 Å². The molecular weight excluding hydrogens is 660 g/mol. The van der Waals surface area contributed by atoms with Crippen LogP contribution in [0.1, 0.15) is 6.92 Å². The summed E-state index contributed by atoms with van der Waals surface area (Å²) in [7, 11) is -6.65. The van der Waals surface area contributed by atoms with Crippen LogP contribution in [-0.2, 0) is 29.6 Å². The van der Waals surface area contributed by atoms with Crippen molar-refractivity contribution >= 4 is 70.5 Å². The summed E-state index contributed by atoms with van der Waals surface area (Å²) in [6, 6.07) is 23.8. The summed E-state index contributed by atoms with van der Waals surface area (Å²) in [5.74, 6) is -0.480. The van der Waals surface area contributed by atoms with Gasteiger partial charge in [0.2, 0.25) is 11.8 Å². The van der Waals surface area contributed by atoms with Gasteiger partial charge in [-0.1, -0.05) is 15.9 Å². The predicted molar refractivity (Wildman–Crippen MR) is 168 cm³/mol. The van der Waals surface area contributed by atoms with E-state index in [9.17, 15) is 26.4 Å². The molecular formula is C29H27BrN4O7S2. The van der Waals surface area contributed by atoms with Crippen LogP contribution in [0.4, 0.5) is 22.7 Å². The zero-order chi connectivity index (χ0) is 31.2. The van der Waals surface area contributed by atoms with Gasteiger partial charge in [-0.05, 0) is 97.1 Å². The molecule has 4 rings (SSSR count). The number of rotatable bonds is 11. The Morgan fingerprint density at radius 1 is 0.721 bits per heavy atom. The average Bonchev–Trinajstić information content (AvgIpc) is 2.97. The van der Waals surface area contributed by atoms with Gasteiger partial charge in [-0.15, -0.1) is 0 Å². The van der Waals surface area contributed by atoms with Gasteiger partial charge in [-0.2, -0.15) is 0 Å². The smallest absolute Gasteiger partial charge is 0.264 e. The van der Waals surface area contributed by atoms with Crippen molar-refractivity contribution in [2.45, 2.75) is 16.7 Å². The molecule has 0 bridgehead atoms. The molecule has 0 aliphatic rings. The van der Waals surface area contributed by atoms with Crippen molar-refractivity contribution in [2.24, 2.45) is 0 Å². The second-order valence-electron chi connectivity index (χ2n) is 9.10. The van der Waals surface area contributed by atoms with E-state index in [4.69, 9.17) is 4.74 Å². The van der Waals surface area contributed by atoms with E-state index in [2.05, 4.69) is 31.3 Å². The lowest BCUT2D eigenvalue weighted by molar-refractivity contribution is -0.115. The maximum absolute atomic E-state index is 13.7. The summed E-state index contributed by atoms with van der Waals surface area (Å²) in [5, 5.41) is 5.19. The third-order valence-electron chi connectivity index (χ3n) is 5.96. The fraction of sp³-hybridized carbons (Fsp3) is 0.103. The Balaban J connectivity index is 1.53. The quantitative estimate of drug-likeness (QED) is 0.200. The van der Waals surface area contributed by atoms with Gasteiger partial charge in [-0.3, -0.25) is 18.6 Å². The normalized spacial score (nSPS) is 11.3. The Bertz CT molecular complexity index is 1810. The summed E-state index contributed by atoms with van der Waals surface area (Å²) < 4.78 is 62.3. The van der Waals surface area contributed by atoms with Crippen molar-refractivity contribution in [1.82, 2.24) is 0 Å². The summed E-state index contributed by atoms with van der Waals surface area (Å²) in [6.07, 6.45) is 0. The predicted octanol–water partition coefficient (Wildman–Crippen LogP) is 5.05. The molecule has 43 heavy (non-hydrogen) atoms. The van der Waals surface area contributed by atoms with Crippen molar-refractivity contribution in [2.75, 3.05) is 33.3 Å². The number of carbonyl (C=O) groups excluding carboxylic acids is 2. The SMILES string of the molecule is COc1ccc(N(CC(=O)Nc2ccc(S(=O)(=O)Nc3ccc(Br)cc3)cc2)S(=O)(=O)c2ccc(NC(C)=O)cc2)cc1. The monoisotopic (exact) mass is 686 g/mol. The van der Waals surface area contributed by atoms with E-state index < -0.39 is 32.5 Å². The highest BCUT2D eigenvalue weighted by Gasteiger charge is 2.27. The van der Waals surface area contributed by atoms with E-state index in [1.165, 1.54) is 74.7 Å². The fourth-order valence-electron chi connectivity index (χ4n) is 3.88. The van der Waals surface area contributed by atoms with E-state index in [1.54, 1.807) is 36.4 Å². The maximum atomic E-state index is 13.7. The summed E-state index contributed by atoms with van der Waals surface area (Å²) in [5.41, 5.74) is 1.27. The first-order valence-electron chi connectivity index (χ1n) is 12.6. The van der Waals surface area contributed by atoms with Crippen molar-refractivity contribution in [1.29, 1.82) is 0 Å². The van der Waals surface area contributed by atoms with Crippen LogP contribution in [0.15, 0.2) is 111 Å². The highest BCUT2D eigenvalue weighted by Crippen LogP contribution is 2.27. The molecule has 0 atom stereocenters. The van der Waals surface area contributed by atoms with E-state index in [0.29, 0.717) is 17.1 Å². The summed E-state index contributed by atoms with van der Waals surface area (Å²) >= 11 is 3.30. The number of nitrogens with zero attached hydrogens (tertiary/aromatic N) is 1. The minimum atomic E-state index is -4.24. The Morgan fingerprint density at radius 2 is 1.23 bits per heavy atom. The lowest BCUT2D eigenvalue weighted by atomic mass is 10.3. The van der Waals surface area contributed by atoms with Gasteiger partial charge in [-0.25, -0.2) is 16.8 Å². The van der Waals surface area contributed by atoms with Crippen LogP contribution in [0.25, 0.3) is 0 Å². The number of methoxy groups -OCH3 is 1. The molecule has 0 aliphatic heterocycles. The Kier molecular flexibility index (Phi) is 9.73. The van der Waals surface area contributed by atoms with Crippen LogP contribution in [-0.4, -0.2) is 42.3 Å². The molecule has 0 aromatic heterocycles. The first kappa shape index (κ1) is 31.5. The van der Waals surface area contributed by atoms with E-state index in [1.807, 2.05) is 0 Å². The van der Waals surface area contributed by atoms with Crippen LogP contribution >= 0.6 is 15.9 Å². The van der Waals surface area contributed by atoms with E-state index >= 15 is 0 Å². The molecule has 0 saturated carbocycles. The van der Waals surface area contributed by atoms with Gasteiger partial charge in [0.05, 0.1) is 22.6 Å². The summed E-state index contributed by atoms with van der Waals surface area (Å²) in [4.78, 5) is 24.3. The molecule has 0 saturated heterocycles. The van der Waals surface area contributed by atoms with E-state index in [0.717, 1.165) is 8.78 Å². The maximum Gasteiger partial charge on any atom is 0.264 e. The zero-order valence-electron chi connectivity index (χ0n) is 22.9. The Morgan fingerprint density at radius 3 is 1.77 bits per heavy atom. The molecule has 0 aliphatic carbocycles. The third-order valence-corrected chi connectivity index (χ3v) is 9.67. The standard InChI is InChI=1S/C29H27BrN4O7S2/c1-20(35)31-22-9-17-28(18-10-22)43(39,40)34(25-11-13-26(41-2)14-12-25)19-29(36)32-23-7-15-27(16-8-23)42(37,38)33-24-5-3-21(30)4-6-24/h3-18,33H,19H2,1-2H3,(H,31,35)(H,32,36). The first-order chi connectivity index (χ1) is 20.4. The number of sulfonamides is 2. The van der Waals surface area contributed by atoms with Crippen molar-refractivity contribution < 1.29 is 31.2 Å². The zero-order valence-corrected chi connectivity index (χ0v) is 26.2. The molecule has 14 heteroatoms. The molecule has 0 unspecified atom stereocenters. The highest BCUT2D eigenvalue weighted by molar-refractivity contribution is 9.10. The molecule has 0 radical (unpaired) electrons. The minimum absolute atomic E-state index is 0.0291. The molecule has 0 fully saturated rings. The van der Waals surface area contributed by atoms with E-state index in [-0.39, 0.29) is 27.1 Å². The summed E-state index contributed by atoms with van der Waals surface area (Å²) in [6.45, 7) is 0.745. The largest absolute Gasteiger partial charge is 0.497 e. The Labute approximate surface area is 258 Å². The van der Waals surface area contributed by atoms with Gasteiger partial charge in [0, 0.05) is 28.5 Å². The molecule has 3 N–H and O–H groups in total. The van der Waals surface area contributed by atoms with Crippen LogP contribution in [0.5, 0.6) is 5.75 Å². The number of carbonyl (C=O) groups is 2. The molecule has 4 aromatic carbocycles. The van der Waals surface area contributed by atoms with Crippen LogP contribution in [0.3, 0.4) is 0 Å². The Hall–Kier alpha value is -4.40. The van der Waals surface area contributed by atoms with Crippen LogP contribution < -0.4 is 24.4 Å². The average molecular weight is 688 g/mol. The highest BCUT2D eigenvalue weighted by atomic mass is 79.9. The lowest BCUT2D eigenvalue weighted by Gasteiger charge is -2.24. The van der Waals surface area contributed by atoms with Crippen LogP contribution in [0.2, 0.25) is 0 Å². The fourth-order valence-corrected chi connectivity index (χ4v) is 6.63. The first-order valence-corrected chi connectivity index (χ1v) is 16.3. The number of anilines is 4. The molecule has 11 nitrogen and oxygen atoms in total. The van der Waals surface area contributed by atoms with Gasteiger partial charge in [0.15, 0.2) is 0 Å². The van der Waals surface area contributed by atoms with Gasteiger partial charge in [0.1, 0.15) is 12.3 Å². The minimum Gasteiger partial charge on any atom is -0.497 e. The van der Waals surface area contributed by atoms with Crippen molar-refractivity contribution in [3.8, 4) is 5.75 Å². The van der Waals surface area contributed by atoms with Gasteiger partial charge < -0.3 is 15.4 Å². The molecule has 224 valence electrons. The van der Waals surface area contributed by atoms with Crippen molar-refractivity contribution in [3.05, 3.63) is 102 Å². The van der Waals surface area contributed by atoms with Crippen LogP contribution in [0, 0.1) is 0 Å². The third kappa shape index (κ3) is 8.12. The number of hydrogen-bond donors (Lipinski definition) is 3. The topological polar surface area (TPSA) is 151 Å². The second kappa shape index (κ2) is 13.3. The number of nitrogens with one attached hydrogen (secondary N) is 3. The molecule has 4 aromatic rings. The number of benzene rings is 4. The number of hydrogen-bond acceptors (Lipinski definition) is 7. The lowest BCUT2D eigenvalue weighted by Crippen LogP contribution is -2.38. The number of amides is 2. The molecule has 2 amide bonds. The van der Waals surface area contributed by atoms with Gasteiger partial charge >= 0.3 is 0 Å².